The second-order valence-corrected chi connectivity index (χ2v) is 8.31. The lowest BCUT2D eigenvalue weighted by Crippen LogP contribution is -2.46. The summed E-state index contributed by atoms with van der Waals surface area (Å²) in [6, 6.07) is 10.5. The van der Waals surface area contributed by atoms with Gasteiger partial charge in [-0.3, -0.25) is 9.69 Å². The number of amides is 2. The van der Waals surface area contributed by atoms with Gasteiger partial charge in [0.05, 0.1) is 6.61 Å². The first-order chi connectivity index (χ1) is 13.3. The van der Waals surface area contributed by atoms with Crippen LogP contribution in [-0.2, 0) is 14.3 Å². The highest BCUT2D eigenvalue weighted by molar-refractivity contribution is 5.82. The van der Waals surface area contributed by atoms with E-state index < -0.39 is 11.7 Å². The summed E-state index contributed by atoms with van der Waals surface area (Å²) in [5.74, 6) is 0.449. The molecule has 0 aromatic heterocycles. The van der Waals surface area contributed by atoms with Crippen LogP contribution in [0.15, 0.2) is 30.3 Å². The van der Waals surface area contributed by atoms with E-state index in [1.807, 2.05) is 31.7 Å². The zero-order chi connectivity index (χ0) is 20.6. The Hall–Kier alpha value is -2.08. The number of ether oxygens (including phenoxy) is 2. The van der Waals surface area contributed by atoms with Crippen LogP contribution in [0.5, 0.6) is 0 Å². The SMILES string of the molecule is COCCN(CC(=O)N1CCCC(c2ccccc2)CC1)C(=O)OC(C)(C)C. The molecule has 6 heteroatoms. The molecule has 1 aromatic rings. The molecule has 1 heterocycles. The molecule has 0 bridgehead atoms. The third-order valence-electron chi connectivity index (χ3n) is 4.89. The van der Waals surface area contributed by atoms with Gasteiger partial charge in [-0.15, -0.1) is 0 Å². The number of hydrogen-bond donors (Lipinski definition) is 0. The number of methoxy groups -OCH3 is 1. The molecule has 0 saturated carbocycles. The molecular weight excluding hydrogens is 356 g/mol. The molecule has 0 radical (unpaired) electrons. The number of carbonyl (C=O) groups is 2. The van der Waals surface area contributed by atoms with Crippen molar-refractivity contribution in [3.63, 3.8) is 0 Å². The highest BCUT2D eigenvalue weighted by Crippen LogP contribution is 2.27. The first-order valence-electron chi connectivity index (χ1n) is 10.1. The van der Waals surface area contributed by atoms with E-state index in [1.54, 1.807) is 7.11 Å². The molecular formula is C22H34N2O4. The second-order valence-electron chi connectivity index (χ2n) is 8.31. The van der Waals surface area contributed by atoms with E-state index in [-0.39, 0.29) is 12.5 Å². The Labute approximate surface area is 168 Å². The Balaban J connectivity index is 1.95. The van der Waals surface area contributed by atoms with Gasteiger partial charge in [0.1, 0.15) is 12.1 Å². The summed E-state index contributed by atoms with van der Waals surface area (Å²) in [5, 5.41) is 0. The largest absolute Gasteiger partial charge is 0.444 e. The molecule has 0 aliphatic carbocycles. The Morgan fingerprint density at radius 2 is 1.86 bits per heavy atom. The van der Waals surface area contributed by atoms with E-state index in [1.165, 1.54) is 10.5 Å². The topological polar surface area (TPSA) is 59.1 Å². The van der Waals surface area contributed by atoms with Crippen molar-refractivity contribution in [2.45, 2.75) is 51.6 Å². The fraction of sp³-hybridized carbons (Fsp3) is 0.636. The molecule has 6 nitrogen and oxygen atoms in total. The number of nitrogens with zero attached hydrogens (tertiary/aromatic N) is 2. The quantitative estimate of drug-likeness (QED) is 0.744. The van der Waals surface area contributed by atoms with Crippen molar-refractivity contribution >= 4 is 12.0 Å². The van der Waals surface area contributed by atoms with Gasteiger partial charge < -0.3 is 14.4 Å². The van der Waals surface area contributed by atoms with Crippen LogP contribution in [0.2, 0.25) is 0 Å². The lowest BCUT2D eigenvalue weighted by Gasteiger charge is -2.29. The second kappa shape index (κ2) is 10.5. The first-order valence-corrected chi connectivity index (χ1v) is 10.1. The lowest BCUT2D eigenvalue weighted by molar-refractivity contribution is -0.132. The van der Waals surface area contributed by atoms with Gasteiger partial charge in [-0.25, -0.2) is 4.79 Å². The van der Waals surface area contributed by atoms with Crippen LogP contribution in [-0.4, -0.2) is 67.3 Å². The molecule has 156 valence electrons. The van der Waals surface area contributed by atoms with Crippen molar-refractivity contribution in [3.8, 4) is 0 Å². The van der Waals surface area contributed by atoms with Crippen LogP contribution < -0.4 is 0 Å². The molecule has 1 aliphatic rings. The highest BCUT2D eigenvalue weighted by Gasteiger charge is 2.27. The lowest BCUT2D eigenvalue weighted by atomic mass is 9.92. The zero-order valence-electron chi connectivity index (χ0n) is 17.6. The molecule has 0 N–H and O–H groups in total. The van der Waals surface area contributed by atoms with E-state index >= 15 is 0 Å². The van der Waals surface area contributed by atoms with E-state index in [4.69, 9.17) is 9.47 Å². The van der Waals surface area contributed by atoms with Crippen molar-refractivity contribution in [2.24, 2.45) is 0 Å². The van der Waals surface area contributed by atoms with Crippen molar-refractivity contribution in [3.05, 3.63) is 35.9 Å². The third-order valence-corrected chi connectivity index (χ3v) is 4.89. The predicted octanol–water partition coefficient (Wildman–Crippen LogP) is 3.67. The Bertz CT molecular complexity index is 627. The maximum atomic E-state index is 12.9. The van der Waals surface area contributed by atoms with Gasteiger partial charge in [-0.1, -0.05) is 30.3 Å². The van der Waals surface area contributed by atoms with Crippen LogP contribution in [0, 0.1) is 0 Å². The van der Waals surface area contributed by atoms with Gasteiger partial charge in [0, 0.05) is 26.7 Å². The van der Waals surface area contributed by atoms with Crippen LogP contribution in [0.1, 0.15) is 51.5 Å². The van der Waals surface area contributed by atoms with Gasteiger partial charge in [-0.2, -0.15) is 0 Å². The van der Waals surface area contributed by atoms with Gasteiger partial charge >= 0.3 is 6.09 Å². The molecule has 1 unspecified atom stereocenters. The molecule has 0 spiro atoms. The summed E-state index contributed by atoms with van der Waals surface area (Å²) < 4.78 is 10.5. The van der Waals surface area contributed by atoms with Crippen LogP contribution in [0.25, 0.3) is 0 Å². The van der Waals surface area contributed by atoms with Crippen molar-refractivity contribution in [1.82, 2.24) is 9.80 Å². The Morgan fingerprint density at radius 1 is 1.14 bits per heavy atom. The van der Waals surface area contributed by atoms with Gasteiger partial charge in [0.2, 0.25) is 5.91 Å². The molecule has 1 aromatic carbocycles. The molecule has 2 amide bonds. The van der Waals surface area contributed by atoms with Gasteiger partial charge in [0.25, 0.3) is 0 Å². The summed E-state index contributed by atoms with van der Waals surface area (Å²) in [6.45, 7) is 7.62. The minimum atomic E-state index is -0.600. The molecule has 28 heavy (non-hydrogen) atoms. The molecule has 1 aliphatic heterocycles. The molecule has 2 rings (SSSR count). The summed E-state index contributed by atoms with van der Waals surface area (Å²) in [6.07, 6.45) is 2.51. The van der Waals surface area contributed by atoms with E-state index in [0.717, 1.165) is 25.8 Å². The highest BCUT2D eigenvalue weighted by atomic mass is 16.6. The number of rotatable bonds is 6. The minimum Gasteiger partial charge on any atom is -0.444 e. The summed E-state index contributed by atoms with van der Waals surface area (Å²) in [4.78, 5) is 28.7. The Morgan fingerprint density at radius 3 is 2.50 bits per heavy atom. The van der Waals surface area contributed by atoms with Crippen molar-refractivity contribution < 1.29 is 19.1 Å². The number of hydrogen-bond acceptors (Lipinski definition) is 4. The summed E-state index contributed by atoms with van der Waals surface area (Å²) in [7, 11) is 1.58. The third kappa shape index (κ3) is 7.15. The summed E-state index contributed by atoms with van der Waals surface area (Å²) >= 11 is 0. The normalized spacial score (nSPS) is 17.7. The zero-order valence-corrected chi connectivity index (χ0v) is 17.6. The first kappa shape index (κ1) is 22.2. The van der Waals surface area contributed by atoms with Crippen molar-refractivity contribution in [1.29, 1.82) is 0 Å². The van der Waals surface area contributed by atoms with E-state index in [9.17, 15) is 9.59 Å². The fourth-order valence-corrected chi connectivity index (χ4v) is 3.43. The number of benzene rings is 1. The molecule has 1 atom stereocenters. The number of likely N-dealkylation sites (tertiary alicyclic amines) is 1. The predicted molar refractivity (Wildman–Crippen MR) is 109 cm³/mol. The molecule has 1 fully saturated rings. The average Bonchev–Trinajstić information content (AvgIpc) is 2.90. The average molecular weight is 391 g/mol. The van der Waals surface area contributed by atoms with Crippen molar-refractivity contribution in [2.75, 3.05) is 39.9 Å². The van der Waals surface area contributed by atoms with Crippen LogP contribution in [0.3, 0.4) is 0 Å². The standard InChI is InChI=1S/C22H34N2O4/c1-22(2,3)28-21(26)24(15-16-27-4)17-20(25)23-13-8-11-19(12-14-23)18-9-6-5-7-10-18/h5-7,9-10,19H,8,11-17H2,1-4H3. The number of carbonyl (C=O) groups excluding carboxylic acids is 2. The summed E-state index contributed by atoms with van der Waals surface area (Å²) in [5.41, 5.74) is 0.740. The van der Waals surface area contributed by atoms with Crippen LogP contribution in [0.4, 0.5) is 4.79 Å². The van der Waals surface area contributed by atoms with Gasteiger partial charge in [-0.05, 0) is 51.5 Å². The Kier molecular flexibility index (Phi) is 8.30. The van der Waals surface area contributed by atoms with E-state index in [0.29, 0.717) is 25.6 Å². The fourth-order valence-electron chi connectivity index (χ4n) is 3.43. The monoisotopic (exact) mass is 390 g/mol. The molecule has 1 saturated heterocycles. The van der Waals surface area contributed by atoms with E-state index in [2.05, 4.69) is 24.3 Å². The van der Waals surface area contributed by atoms with Crippen LogP contribution >= 0.6 is 0 Å². The maximum Gasteiger partial charge on any atom is 0.410 e. The smallest absolute Gasteiger partial charge is 0.410 e. The minimum absolute atomic E-state index is 0.0221. The maximum absolute atomic E-state index is 12.9. The van der Waals surface area contributed by atoms with Gasteiger partial charge in [0.15, 0.2) is 0 Å².